The van der Waals surface area contributed by atoms with E-state index < -0.39 is 5.97 Å². The standard InChI is InChI=1S/C14H20O3/c1-4-17-14-11(3)9-8-10(2)12(14)6-5-7-13(15)16/h8-9H,4-7H2,1-3H3,(H,15,16). The van der Waals surface area contributed by atoms with Crippen molar-refractivity contribution in [2.45, 2.75) is 40.0 Å². The van der Waals surface area contributed by atoms with Gasteiger partial charge in [0.15, 0.2) is 0 Å². The highest BCUT2D eigenvalue weighted by Gasteiger charge is 2.10. The van der Waals surface area contributed by atoms with Crippen LogP contribution in [0.15, 0.2) is 12.1 Å². The van der Waals surface area contributed by atoms with Crippen LogP contribution in [0, 0.1) is 13.8 Å². The Morgan fingerprint density at radius 3 is 2.53 bits per heavy atom. The number of rotatable bonds is 6. The minimum Gasteiger partial charge on any atom is -0.493 e. The van der Waals surface area contributed by atoms with Gasteiger partial charge < -0.3 is 9.84 Å². The van der Waals surface area contributed by atoms with E-state index in [0.29, 0.717) is 13.0 Å². The van der Waals surface area contributed by atoms with Crippen LogP contribution in [0.5, 0.6) is 5.75 Å². The quantitative estimate of drug-likeness (QED) is 0.825. The van der Waals surface area contributed by atoms with Crippen LogP contribution in [0.1, 0.15) is 36.5 Å². The molecule has 1 N–H and O–H groups in total. The lowest BCUT2D eigenvalue weighted by Gasteiger charge is -2.15. The van der Waals surface area contributed by atoms with Crippen molar-refractivity contribution in [2.75, 3.05) is 6.61 Å². The van der Waals surface area contributed by atoms with E-state index in [1.54, 1.807) is 0 Å². The summed E-state index contributed by atoms with van der Waals surface area (Å²) in [6.45, 7) is 6.65. The molecule has 0 fully saturated rings. The van der Waals surface area contributed by atoms with Gasteiger partial charge in [-0.3, -0.25) is 4.79 Å². The summed E-state index contributed by atoms with van der Waals surface area (Å²) in [6, 6.07) is 4.11. The minimum atomic E-state index is -0.742. The van der Waals surface area contributed by atoms with Gasteiger partial charge in [0.2, 0.25) is 0 Å². The predicted octanol–water partition coefficient (Wildman–Crippen LogP) is 3.11. The maximum atomic E-state index is 10.5. The van der Waals surface area contributed by atoms with Crippen LogP contribution < -0.4 is 4.74 Å². The fourth-order valence-corrected chi connectivity index (χ4v) is 1.92. The summed E-state index contributed by atoms with van der Waals surface area (Å²) in [5, 5.41) is 8.66. The Labute approximate surface area is 102 Å². The average molecular weight is 236 g/mol. The van der Waals surface area contributed by atoms with Crippen molar-refractivity contribution in [3.8, 4) is 5.75 Å². The molecule has 0 aromatic heterocycles. The zero-order chi connectivity index (χ0) is 12.8. The first-order valence-electron chi connectivity index (χ1n) is 6.00. The van der Waals surface area contributed by atoms with Gasteiger partial charge >= 0.3 is 5.97 Å². The van der Waals surface area contributed by atoms with E-state index in [2.05, 4.69) is 6.07 Å². The molecule has 1 aromatic carbocycles. The van der Waals surface area contributed by atoms with Gasteiger partial charge in [-0.05, 0) is 50.3 Å². The third-order valence-electron chi connectivity index (χ3n) is 2.80. The van der Waals surface area contributed by atoms with E-state index in [1.165, 1.54) is 5.56 Å². The molecule has 17 heavy (non-hydrogen) atoms. The highest BCUT2D eigenvalue weighted by atomic mass is 16.5. The van der Waals surface area contributed by atoms with Crippen LogP contribution in [0.3, 0.4) is 0 Å². The molecule has 0 aliphatic rings. The van der Waals surface area contributed by atoms with Crippen LogP contribution in [0.4, 0.5) is 0 Å². The number of carbonyl (C=O) groups is 1. The van der Waals surface area contributed by atoms with Gasteiger partial charge in [-0.15, -0.1) is 0 Å². The van der Waals surface area contributed by atoms with Crippen molar-refractivity contribution in [3.63, 3.8) is 0 Å². The molecule has 0 aliphatic carbocycles. The van der Waals surface area contributed by atoms with Gasteiger partial charge in [0.25, 0.3) is 0 Å². The largest absolute Gasteiger partial charge is 0.493 e. The van der Waals surface area contributed by atoms with Crippen LogP contribution in [0.25, 0.3) is 0 Å². The monoisotopic (exact) mass is 236 g/mol. The summed E-state index contributed by atoms with van der Waals surface area (Å²) < 4.78 is 5.66. The third-order valence-corrected chi connectivity index (χ3v) is 2.80. The number of hydrogen-bond donors (Lipinski definition) is 1. The Morgan fingerprint density at radius 2 is 1.94 bits per heavy atom. The highest BCUT2D eigenvalue weighted by Crippen LogP contribution is 2.28. The molecule has 0 atom stereocenters. The summed E-state index contributed by atoms with van der Waals surface area (Å²) in [4.78, 5) is 10.5. The van der Waals surface area contributed by atoms with E-state index in [9.17, 15) is 4.79 Å². The zero-order valence-electron chi connectivity index (χ0n) is 10.7. The lowest BCUT2D eigenvalue weighted by Crippen LogP contribution is -2.03. The highest BCUT2D eigenvalue weighted by molar-refractivity contribution is 5.66. The Balaban J connectivity index is 2.87. The molecule has 0 unspecified atom stereocenters. The van der Waals surface area contributed by atoms with E-state index >= 15 is 0 Å². The van der Waals surface area contributed by atoms with Crippen molar-refractivity contribution < 1.29 is 14.6 Å². The molecule has 0 spiro atoms. The molecular formula is C14H20O3. The number of carboxylic acids is 1. The van der Waals surface area contributed by atoms with Gasteiger partial charge in [0.1, 0.15) is 5.75 Å². The van der Waals surface area contributed by atoms with E-state index in [1.807, 2.05) is 26.8 Å². The smallest absolute Gasteiger partial charge is 0.303 e. The lowest BCUT2D eigenvalue weighted by atomic mass is 9.99. The van der Waals surface area contributed by atoms with Crippen molar-refractivity contribution in [3.05, 3.63) is 28.8 Å². The Morgan fingerprint density at radius 1 is 1.29 bits per heavy atom. The summed E-state index contributed by atoms with van der Waals surface area (Å²) in [6.07, 6.45) is 1.62. The number of hydrogen-bond acceptors (Lipinski definition) is 2. The fourth-order valence-electron chi connectivity index (χ4n) is 1.92. The molecule has 0 heterocycles. The van der Waals surface area contributed by atoms with Crippen molar-refractivity contribution >= 4 is 5.97 Å². The van der Waals surface area contributed by atoms with Crippen molar-refractivity contribution in [2.24, 2.45) is 0 Å². The number of ether oxygens (including phenoxy) is 1. The molecule has 94 valence electrons. The number of carboxylic acid groups (broad SMARTS) is 1. The molecule has 1 rings (SSSR count). The van der Waals surface area contributed by atoms with Crippen molar-refractivity contribution in [1.82, 2.24) is 0 Å². The van der Waals surface area contributed by atoms with Gasteiger partial charge in [0.05, 0.1) is 6.61 Å². The second kappa shape index (κ2) is 6.28. The molecule has 1 aromatic rings. The van der Waals surface area contributed by atoms with Gasteiger partial charge in [-0.25, -0.2) is 0 Å². The van der Waals surface area contributed by atoms with Crippen LogP contribution in [-0.4, -0.2) is 17.7 Å². The summed E-state index contributed by atoms with van der Waals surface area (Å²) in [7, 11) is 0. The number of benzene rings is 1. The molecule has 0 saturated carbocycles. The summed E-state index contributed by atoms with van der Waals surface area (Å²) >= 11 is 0. The van der Waals surface area contributed by atoms with Gasteiger partial charge in [-0.1, -0.05) is 12.1 Å². The van der Waals surface area contributed by atoms with Gasteiger partial charge in [-0.2, -0.15) is 0 Å². The van der Waals surface area contributed by atoms with Gasteiger partial charge in [0, 0.05) is 6.42 Å². The van der Waals surface area contributed by atoms with E-state index in [-0.39, 0.29) is 6.42 Å². The lowest BCUT2D eigenvalue weighted by molar-refractivity contribution is -0.137. The SMILES string of the molecule is CCOc1c(C)ccc(C)c1CCCC(=O)O. The van der Waals surface area contributed by atoms with Crippen LogP contribution in [-0.2, 0) is 11.2 Å². The Kier molecular flexibility index (Phi) is 5.01. The Hall–Kier alpha value is -1.51. The van der Waals surface area contributed by atoms with E-state index in [0.717, 1.165) is 23.3 Å². The summed E-state index contributed by atoms with van der Waals surface area (Å²) in [5.41, 5.74) is 3.43. The second-order valence-electron chi connectivity index (χ2n) is 4.19. The minimum absolute atomic E-state index is 0.207. The third kappa shape index (κ3) is 3.77. The maximum Gasteiger partial charge on any atom is 0.303 e. The molecule has 0 bridgehead atoms. The molecule has 0 amide bonds. The second-order valence-corrected chi connectivity index (χ2v) is 4.19. The van der Waals surface area contributed by atoms with Crippen molar-refractivity contribution in [1.29, 1.82) is 0 Å². The van der Waals surface area contributed by atoms with Crippen LogP contribution in [0.2, 0.25) is 0 Å². The number of aliphatic carboxylic acids is 1. The normalized spacial score (nSPS) is 10.3. The molecular weight excluding hydrogens is 216 g/mol. The Bertz CT molecular complexity index is 397. The molecule has 3 nitrogen and oxygen atoms in total. The maximum absolute atomic E-state index is 10.5. The predicted molar refractivity (Wildman–Crippen MR) is 67.7 cm³/mol. The van der Waals surface area contributed by atoms with Crippen LogP contribution >= 0.6 is 0 Å². The summed E-state index contributed by atoms with van der Waals surface area (Å²) in [5.74, 6) is 0.186. The van der Waals surface area contributed by atoms with E-state index in [4.69, 9.17) is 9.84 Å². The first-order chi connectivity index (χ1) is 8.06. The number of aryl methyl sites for hydroxylation is 2. The average Bonchev–Trinajstić information content (AvgIpc) is 2.27. The topological polar surface area (TPSA) is 46.5 Å². The first-order valence-corrected chi connectivity index (χ1v) is 6.00. The molecule has 0 aliphatic heterocycles. The molecule has 0 radical (unpaired) electrons. The molecule has 3 heteroatoms. The fraction of sp³-hybridized carbons (Fsp3) is 0.500. The molecule has 0 saturated heterocycles. The zero-order valence-corrected chi connectivity index (χ0v) is 10.7. The first kappa shape index (κ1) is 13.6.